The lowest BCUT2D eigenvalue weighted by atomic mass is 10.2. The number of nitrogens with one attached hydrogen (secondary N) is 2. The van der Waals surface area contributed by atoms with Crippen LogP contribution in [0.2, 0.25) is 0 Å². The van der Waals surface area contributed by atoms with E-state index in [9.17, 15) is 4.79 Å². The van der Waals surface area contributed by atoms with Gasteiger partial charge in [-0.05, 0) is 42.5 Å². The number of carbonyl (C=O) groups is 1. The third-order valence-corrected chi connectivity index (χ3v) is 4.32. The molecule has 2 N–H and O–H groups in total. The molecule has 0 saturated heterocycles. The fourth-order valence-corrected chi connectivity index (χ4v) is 2.91. The van der Waals surface area contributed by atoms with Crippen molar-refractivity contribution in [1.29, 1.82) is 0 Å². The maximum Gasteiger partial charge on any atom is 0.319 e. The van der Waals surface area contributed by atoms with Gasteiger partial charge in [0, 0.05) is 16.8 Å². The van der Waals surface area contributed by atoms with Gasteiger partial charge >= 0.3 is 6.03 Å². The molecule has 2 amide bonds. The van der Waals surface area contributed by atoms with Crippen molar-refractivity contribution in [1.82, 2.24) is 30.5 Å². The number of amides is 2. The first-order chi connectivity index (χ1) is 12.1. The third-order valence-electron chi connectivity index (χ3n) is 3.36. The van der Waals surface area contributed by atoms with E-state index < -0.39 is 0 Å². The molecule has 0 aliphatic carbocycles. The molecule has 1 aromatic carbocycles. The van der Waals surface area contributed by atoms with Crippen molar-refractivity contribution in [3.8, 4) is 11.4 Å². The van der Waals surface area contributed by atoms with Gasteiger partial charge in [0.1, 0.15) is 16.4 Å². The van der Waals surface area contributed by atoms with Crippen LogP contribution in [0.4, 0.5) is 10.5 Å². The Bertz CT molecular complexity index is 890. The Hall–Kier alpha value is -3.01. The fourth-order valence-electron chi connectivity index (χ4n) is 2.20. The van der Waals surface area contributed by atoms with Gasteiger partial charge in [-0.1, -0.05) is 0 Å². The van der Waals surface area contributed by atoms with Gasteiger partial charge < -0.3 is 15.4 Å². The molecule has 0 unspecified atom stereocenters. The predicted octanol–water partition coefficient (Wildman–Crippen LogP) is 2.07. The number of benzene rings is 1. The molecular weight excluding hydrogens is 342 g/mol. The van der Waals surface area contributed by atoms with E-state index in [-0.39, 0.29) is 6.03 Å². The smallest absolute Gasteiger partial charge is 0.319 e. The minimum Gasteiger partial charge on any atom is -0.494 e. The van der Waals surface area contributed by atoms with Crippen LogP contribution >= 0.6 is 11.3 Å². The van der Waals surface area contributed by atoms with Gasteiger partial charge in [-0.2, -0.15) is 4.68 Å². The lowest BCUT2D eigenvalue weighted by molar-refractivity contribution is 0.251. The molecule has 2 aromatic heterocycles. The van der Waals surface area contributed by atoms with Gasteiger partial charge in [0.15, 0.2) is 5.82 Å². The first kappa shape index (κ1) is 16.8. The zero-order valence-corrected chi connectivity index (χ0v) is 14.8. The normalized spacial score (nSPS) is 10.5. The summed E-state index contributed by atoms with van der Waals surface area (Å²) in [6.45, 7) is 4.07. The minimum absolute atomic E-state index is 0.322. The number of ether oxygens (including phenoxy) is 1. The monoisotopic (exact) mass is 359 g/mol. The van der Waals surface area contributed by atoms with Crippen LogP contribution in [0.5, 0.6) is 5.75 Å². The average Bonchev–Trinajstić information content (AvgIpc) is 3.21. The van der Waals surface area contributed by atoms with Gasteiger partial charge in [-0.15, -0.1) is 16.4 Å². The van der Waals surface area contributed by atoms with Crippen LogP contribution in [0.25, 0.3) is 5.69 Å². The zero-order chi connectivity index (χ0) is 17.8. The molecule has 0 atom stereocenters. The second kappa shape index (κ2) is 7.26. The number of hydrogen-bond acceptors (Lipinski definition) is 7. The summed E-state index contributed by atoms with van der Waals surface area (Å²) in [5, 5.41) is 19.8. The maximum atomic E-state index is 12.1. The van der Waals surface area contributed by atoms with Crippen molar-refractivity contribution >= 4 is 23.1 Å². The fraction of sp³-hybridized carbons (Fsp3) is 0.267. The first-order valence-electron chi connectivity index (χ1n) is 7.46. The molecule has 25 heavy (non-hydrogen) atoms. The van der Waals surface area contributed by atoms with Gasteiger partial charge in [-0.3, -0.25) is 0 Å². The number of anilines is 1. The highest BCUT2D eigenvalue weighted by molar-refractivity contribution is 7.09. The molecule has 0 aliphatic rings. The van der Waals surface area contributed by atoms with E-state index in [0.717, 1.165) is 10.7 Å². The van der Waals surface area contributed by atoms with Gasteiger partial charge in [0.05, 0.1) is 13.7 Å². The average molecular weight is 359 g/mol. The Kier molecular flexibility index (Phi) is 4.89. The molecule has 9 nitrogen and oxygen atoms in total. The maximum absolute atomic E-state index is 12.1. The first-order valence-corrected chi connectivity index (χ1v) is 8.34. The van der Waals surface area contributed by atoms with Crippen molar-refractivity contribution in [3.05, 3.63) is 40.1 Å². The Labute approximate surface area is 148 Å². The second-order valence-corrected chi connectivity index (χ2v) is 6.16. The summed E-state index contributed by atoms with van der Waals surface area (Å²) in [7, 11) is 1.56. The Balaban J connectivity index is 1.72. The molecule has 0 bridgehead atoms. The highest BCUT2D eigenvalue weighted by Crippen LogP contribution is 2.26. The predicted molar refractivity (Wildman–Crippen MR) is 93.2 cm³/mol. The Morgan fingerprint density at radius 3 is 2.84 bits per heavy atom. The molecule has 130 valence electrons. The van der Waals surface area contributed by atoms with Crippen LogP contribution < -0.4 is 15.4 Å². The van der Waals surface area contributed by atoms with Crippen LogP contribution in [0.15, 0.2) is 23.6 Å². The number of thiazole rings is 1. The molecule has 0 fully saturated rings. The number of nitrogens with zero attached hydrogens (tertiary/aromatic N) is 5. The number of urea groups is 1. The quantitative estimate of drug-likeness (QED) is 0.722. The van der Waals surface area contributed by atoms with Crippen molar-refractivity contribution in [3.63, 3.8) is 0 Å². The summed E-state index contributed by atoms with van der Waals surface area (Å²) in [6, 6.07) is 4.91. The molecule has 0 aliphatic heterocycles. The van der Waals surface area contributed by atoms with E-state index in [0.29, 0.717) is 29.5 Å². The van der Waals surface area contributed by atoms with Crippen molar-refractivity contribution < 1.29 is 9.53 Å². The van der Waals surface area contributed by atoms with Crippen molar-refractivity contribution in [2.24, 2.45) is 0 Å². The minimum atomic E-state index is -0.322. The summed E-state index contributed by atoms with van der Waals surface area (Å²) in [5.41, 5.74) is 2.18. The number of aromatic nitrogens is 5. The number of rotatable bonds is 5. The van der Waals surface area contributed by atoms with Crippen molar-refractivity contribution in [2.45, 2.75) is 20.4 Å². The van der Waals surface area contributed by atoms with E-state index in [1.165, 1.54) is 11.3 Å². The molecule has 10 heteroatoms. The van der Waals surface area contributed by atoms with Crippen LogP contribution in [0.3, 0.4) is 0 Å². The SMILES string of the molecule is COc1ccc(NC(=O)NCc2nc(C)cs2)cc1-n1nnnc1C. The summed E-state index contributed by atoms with van der Waals surface area (Å²) in [5.74, 6) is 1.21. The topological polar surface area (TPSA) is 107 Å². The molecule has 2 heterocycles. The Morgan fingerprint density at radius 1 is 1.36 bits per heavy atom. The third kappa shape index (κ3) is 3.91. The van der Waals surface area contributed by atoms with E-state index in [1.807, 2.05) is 12.3 Å². The number of hydrogen-bond donors (Lipinski definition) is 2. The zero-order valence-electron chi connectivity index (χ0n) is 14.0. The summed E-state index contributed by atoms with van der Waals surface area (Å²) in [4.78, 5) is 16.4. The highest BCUT2D eigenvalue weighted by Gasteiger charge is 2.12. The van der Waals surface area contributed by atoms with E-state index in [1.54, 1.807) is 36.9 Å². The summed E-state index contributed by atoms with van der Waals surface area (Å²) in [6.07, 6.45) is 0. The largest absolute Gasteiger partial charge is 0.494 e. The number of methoxy groups -OCH3 is 1. The second-order valence-electron chi connectivity index (χ2n) is 5.21. The van der Waals surface area contributed by atoms with Crippen molar-refractivity contribution in [2.75, 3.05) is 12.4 Å². The Morgan fingerprint density at radius 2 is 2.20 bits per heavy atom. The number of tetrazole rings is 1. The highest BCUT2D eigenvalue weighted by atomic mass is 32.1. The van der Waals surface area contributed by atoms with Gasteiger partial charge in [-0.25, -0.2) is 9.78 Å². The van der Waals surface area contributed by atoms with Crippen LogP contribution in [0.1, 0.15) is 16.5 Å². The summed E-state index contributed by atoms with van der Waals surface area (Å²) >= 11 is 1.51. The van der Waals surface area contributed by atoms with Crippen LogP contribution in [-0.2, 0) is 6.54 Å². The lowest BCUT2D eigenvalue weighted by Gasteiger charge is -2.12. The van der Waals surface area contributed by atoms with E-state index >= 15 is 0 Å². The molecule has 3 aromatic rings. The van der Waals surface area contributed by atoms with E-state index in [2.05, 4.69) is 31.1 Å². The van der Waals surface area contributed by atoms with Crippen LogP contribution in [-0.4, -0.2) is 38.3 Å². The number of carbonyl (C=O) groups excluding carboxylic acids is 1. The molecule has 0 saturated carbocycles. The molecular formula is C15H17N7O2S. The van der Waals surface area contributed by atoms with Gasteiger partial charge in [0.2, 0.25) is 0 Å². The molecule has 0 spiro atoms. The standard InChI is InChI=1S/C15H17N7O2S/c1-9-8-25-14(17-9)7-16-15(23)18-11-4-5-13(24-3)12(6-11)22-10(2)19-20-21-22/h4-6,8H,7H2,1-3H3,(H2,16,18,23). The molecule has 3 rings (SSSR count). The number of aryl methyl sites for hydroxylation is 2. The summed E-state index contributed by atoms with van der Waals surface area (Å²) < 4.78 is 6.88. The molecule has 0 radical (unpaired) electrons. The lowest BCUT2D eigenvalue weighted by Crippen LogP contribution is -2.28. The van der Waals surface area contributed by atoms with Gasteiger partial charge in [0.25, 0.3) is 0 Å². The van der Waals surface area contributed by atoms with Crippen LogP contribution in [0, 0.1) is 13.8 Å². The van der Waals surface area contributed by atoms with E-state index in [4.69, 9.17) is 4.74 Å².